The molecule has 0 atom stereocenters. The van der Waals surface area contributed by atoms with Crippen LogP contribution in [0.5, 0.6) is 0 Å². The Labute approximate surface area is 133 Å². The van der Waals surface area contributed by atoms with Crippen LogP contribution in [-0.4, -0.2) is 32.0 Å². The van der Waals surface area contributed by atoms with Crippen LogP contribution in [0.4, 0.5) is 10.5 Å². The van der Waals surface area contributed by atoms with Crippen molar-refractivity contribution in [2.75, 3.05) is 17.3 Å². The van der Waals surface area contributed by atoms with Crippen LogP contribution in [0, 0.1) is 0 Å². The highest BCUT2D eigenvalue weighted by Gasteiger charge is 2.22. The van der Waals surface area contributed by atoms with E-state index in [9.17, 15) is 13.2 Å². The number of benzene rings is 1. The number of anilines is 1. The van der Waals surface area contributed by atoms with Crippen molar-refractivity contribution in [2.24, 2.45) is 0 Å². The molecule has 0 radical (unpaired) electrons. The second-order valence-electron chi connectivity index (χ2n) is 6.62. The maximum Gasteiger partial charge on any atom is 0.319 e. The van der Waals surface area contributed by atoms with Crippen LogP contribution in [0.3, 0.4) is 0 Å². The summed E-state index contributed by atoms with van der Waals surface area (Å²) < 4.78 is 22.5. The molecule has 0 aliphatic carbocycles. The van der Waals surface area contributed by atoms with Gasteiger partial charge in [-0.15, -0.1) is 0 Å². The molecule has 0 unspecified atom stereocenters. The average Bonchev–Trinajstić information content (AvgIpc) is 2.35. The van der Waals surface area contributed by atoms with E-state index in [1.165, 1.54) is 6.26 Å². The van der Waals surface area contributed by atoms with Gasteiger partial charge in [-0.05, 0) is 43.9 Å². The summed E-state index contributed by atoms with van der Waals surface area (Å²) in [5.74, 6) is 0.430. The monoisotopic (exact) mass is 326 g/mol. The fourth-order valence-electron chi connectivity index (χ4n) is 1.95. The molecule has 124 valence electrons. The molecule has 1 aromatic rings. The molecule has 0 aromatic heterocycles. The largest absolute Gasteiger partial charge is 0.333 e. The van der Waals surface area contributed by atoms with Gasteiger partial charge in [-0.2, -0.15) is 0 Å². The highest BCUT2D eigenvalue weighted by Crippen LogP contribution is 2.18. The second-order valence-corrected chi connectivity index (χ2v) is 8.88. The summed E-state index contributed by atoms with van der Waals surface area (Å²) in [5.41, 5.74) is 1.28. The van der Waals surface area contributed by atoms with Gasteiger partial charge in [-0.3, -0.25) is 0 Å². The minimum atomic E-state index is -3.04. The van der Waals surface area contributed by atoms with Crippen LogP contribution in [-0.2, 0) is 9.84 Å². The Bertz CT molecular complexity index is 622. The molecule has 2 amide bonds. The standard InChI is InChI=1S/C16H26N2O3S/c1-12(2)13-7-6-8-14(11-13)17-15(19)18-16(3,4)9-10-22(5,20)21/h6-8,11-12H,9-10H2,1-5H3,(H2,17,18,19). The number of hydrogen-bond donors (Lipinski definition) is 2. The lowest BCUT2D eigenvalue weighted by atomic mass is 10.0. The Morgan fingerprint density at radius 1 is 1.27 bits per heavy atom. The van der Waals surface area contributed by atoms with Gasteiger partial charge in [0.2, 0.25) is 0 Å². The van der Waals surface area contributed by atoms with Gasteiger partial charge < -0.3 is 10.6 Å². The molecule has 0 saturated carbocycles. The summed E-state index contributed by atoms with van der Waals surface area (Å²) in [6.07, 6.45) is 1.56. The van der Waals surface area contributed by atoms with E-state index in [-0.39, 0.29) is 11.8 Å². The van der Waals surface area contributed by atoms with Crippen LogP contribution in [0.25, 0.3) is 0 Å². The molecular formula is C16H26N2O3S. The van der Waals surface area contributed by atoms with Crippen molar-refractivity contribution in [3.8, 4) is 0 Å². The van der Waals surface area contributed by atoms with Gasteiger partial charge >= 0.3 is 6.03 Å². The molecule has 0 spiro atoms. The zero-order chi connectivity index (χ0) is 17.0. The number of urea groups is 1. The lowest BCUT2D eigenvalue weighted by Gasteiger charge is -2.26. The molecule has 22 heavy (non-hydrogen) atoms. The maximum absolute atomic E-state index is 12.1. The van der Waals surface area contributed by atoms with Gasteiger partial charge in [0.15, 0.2) is 0 Å². The smallest absolute Gasteiger partial charge is 0.319 e. The highest BCUT2D eigenvalue weighted by atomic mass is 32.2. The Balaban J connectivity index is 2.64. The normalized spacial score (nSPS) is 12.3. The molecule has 0 fully saturated rings. The van der Waals surface area contributed by atoms with E-state index in [1.807, 2.05) is 38.1 Å². The summed E-state index contributed by atoms with van der Waals surface area (Å²) in [6, 6.07) is 7.35. The van der Waals surface area contributed by atoms with Crippen molar-refractivity contribution in [3.05, 3.63) is 29.8 Å². The van der Waals surface area contributed by atoms with Gasteiger partial charge in [-0.25, -0.2) is 13.2 Å². The number of carbonyl (C=O) groups is 1. The SMILES string of the molecule is CC(C)c1cccc(NC(=O)NC(C)(C)CCS(C)(=O)=O)c1. The van der Waals surface area contributed by atoms with Crippen molar-refractivity contribution >= 4 is 21.6 Å². The molecule has 0 aliphatic rings. The van der Waals surface area contributed by atoms with E-state index in [0.717, 1.165) is 11.3 Å². The van der Waals surface area contributed by atoms with Crippen molar-refractivity contribution < 1.29 is 13.2 Å². The van der Waals surface area contributed by atoms with Crippen LogP contribution in [0.15, 0.2) is 24.3 Å². The maximum atomic E-state index is 12.1. The third-order valence-electron chi connectivity index (χ3n) is 3.36. The zero-order valence-electron chi connectivity index (χ0n) is 13.9. The Hall–Kier alpha value is -1.56. The van der Waals surface area contributed by atoms with Crippen molar-refractivity contribution in [1.29, 1.82) is 0 Å². The lowest BCUT2D eigenvalue weighted by Crippen LogP contribution is -2.46. The first kappa shape index (κ1) is 18.5. The molecule has 0 saturated heterocycles. The van der Waals surface area contributed by atoms with E-state index in [0.29, 0.717) is 12.3 Å². The number of rotatable bonds is 6. The first-order valence-corrected chi connectivity index (χ1v) is 9.41. The molecule has 2 N–H and O–H groups in total. The highest BCUT2D eigenvalue weighted by molar-refractivity contribution is 7.90. The van der Waals surface area contributed by atoms with Crippen LogP contribution >= 0.6 is 0 Å². The molecule has 6 heteroatoms. The van der Waals surface area contributed by atoms with E-state index in [1.54, 1.807) is 0 Å². The first-order valence-electron chi connectivity index (χ1n) is 7.35. The first-order chi connectivity index (χ1) is 9.98. The predicted molar refractivity (Wildman–Crippen MR) is 91.1 cm³/mol. The van der Waals surface area contributed by atoms with Gasteiger partial charge in [0.25, 0.3) is 0 Å². The van der Waals surface area contributed by atoms with Crippen LogP contribution < -0.4 is 10.6 Å². The quantitative estimate of drug-likeness (QED) is 0.843. The third-order valence-corrected chi connectivity index (χ3v) is 4.31. The predicted octanol–water partition coefficient (Wildman–Crippen LogP) is 3.14. The molecule has 5 nitrogen and oxygen atoms in total. The Kier molecular flexibility index (Phi) is 6.00. The number of amides is 2. The van der Waals surface area contributed by atoms with E-state index in [4.69, 9.17) is 0 Å². The van der Waals surface area contributed by atoms with E-state index < -0.39 is 15.4 Å². The fraction of sp³-hybridized carbons (Fsp3) is 0.562. The van der Waals surface area contributed by atoms with Gasteiger partial charge in [0, 0.05) is 17.5 Å². The van der Waals surface area contributed by atoms with Crippen LogP contribution in [0.2, 0.25) is 0 Å². The molecule has 1 aromatic carbocycles. The lowest BCUT2D eigenvalue weighted by molar-refractivity contribution is 0.240. The van der Waals surface area contributed by atoms with Gasteiger partial charge in [0.1, 0.15) is 9.84 Å². The summed E-state index contributed by atoms with van der Waals surface area (Å²) >= 11 is 0. The molecule has 0 aliphatic heterocycles. The summed E-state index contributed by atoms with van der Waals surface area (Å²) in [5, 5.41) is 5.60. The van der Waals surface area contributed by atoms with Gasteiger partial charge in [-0.1, -0.05) is 26.0 Å². The zero-order valence-corrected chi connectivity index (χ0v) is 14.8. The molecular weight excluding hydrogens is 300 g/mol. The second kappa shape index (κ2) is 7.13. The van der Waals surface area contributed by atoms with E-state index >= 15 is 0 Å². The summed E-state index contributed by atoms with van der Waals surface area (Å²) in [4.78, 5) is 12.1. The van der Waals surface area contributed by atoms with Crippen molar-refractivity contribution in [3.63, 3.8) is 0 Å². The fourth-order valence-corrected chi connectivity index (χ4v) is 2.83. The Morgan fingerprint density at radius 3 is 2.45 bits per heavy atom. The number of hydrogen-bond acceptors (Lipinski definition) is 3. The van der Waals surface area contributed by atoms with Crippen molar-refractivity contribution in [1.82, 2.24) is 5.32 Å². The Morgan fingerprint density at radius 2 is 1.91 bits per heavy atom. The topological polar surface area (TPSA) is 75.3 Å². The third kappa shape index (κ3) is 6.93. The van der Waals surface area contributed by atoms with Crippen molar-refractivity contribution in [2.45, 2.75) is 45.6 Å². The van der Waals surface area contributed by atoms with E-state index in [2.05, 4.69) is 24.5 Å². The summed E-state index contributed by atoms with van der Waals surface area (Å²) in [7, 11) is -3.04. The number of nitrogens with one attached hydrogen (secondary N) is 2. The molecule has 0 bridgehead atoms. The van der Waals surface area contributed by atoms with Gasteiger partial charge in [0.05, 0.1) is 5.75 Å². The summed E-state index contributed by atoms with van der Waals surface area (Å²) in [6.45, 7) is 7.80. The minimum Gasteiger partial charge on any atom is -0.333 e. The molecule has 1 rings (SSSR count). The van der Waals surface area contributed by atoms with Crippen LogP contribution in [0.1, 0.15) is 45.6 Å². The number of carbonyl (C=O) groups excluding carboxylic acids is 1. The number of sulfone groups is 1. The minimum absolute atomic E-state index is 0.0448. The molecule has 0 heterocycles. The average molecular weight is 326 g/mol.